The van der Waals surface area contributed by atoms with Gasteiger partial charge >= 0.3 is 0 Å². The van der Waals surface area contributed by atoms with Crippen LogP contribution in [0.1, 0.15) is 34.7 Å². The summed E-state index contributed by atoms with van der Waals surface area (Å²) in [6, 6.07) is 2.21. The molecule has 1 unspecified atom stereocenters. The van der Waals surface area contributed by atoms with Gasteiger partial charge in [-0.15, -0.1) is 0 Å². The lowest BCUT2D eigenvalue weighted by molar-refractivity contribution is -0.133. The molecule has 3 heteroatoms. The molecule has 1 rings (SSSR count). The van der Waals surface area contributed by atoms with Crippen molar-refractivity contribution >= 4 is 5.91 Å². The molecular weight excluding hydrogens is 236 g/mol. The molecule has 0 aliphatic rings. The standard InChI is InChI=1S/C16H26N2O/c1-10-7-11(2)14(5)15(13(10)4)9-18(6)16(19)12(3)8-17/h7,12H,8-9,17H2,1-6H3. The molecule has 0 aromatic heterocycles. The number of carbonyl (C=O) groups excluding carboxylic acids is 1. The lowest BCUT2D eigenvalue weighted by Crippen LogP contribution is -2.35. The molecule has 1 aromatic rings. The molecule has 0 bridgehead atoms. The molecule has 0 aliphatic heterocycles. The molecule has 0 radical (unpaired) electrons. The predicted octanol–water partition coefficient (Wildman–Crippen LogP) is 2.47. The Bertz CT molecular complexity index is 454. The Balaban J connectivity index is 3.03. The Labute approximate surface area is 116 Å². The number of hydrogen-bond acceptors (Lipinski definition) is 2. The number of aryl methyl sites for hydroxylation is 2. The minimum absolute atomic E-state index is 0.112. The molecule has 1 aromatic carbocycles. The highest BCUT2D eigenvalue weighted by Gasteiger charge is 2.18. The summed E-state index contributed by atoms with van der Waals surface area (Å²) < 4.78 is 0. The van der Waals surface area contributed by atoms with Crippen LogP contribution in [0.4, 0.5) is 0 Å². The number of carbonyl (C=O) groups is 1. The molecule has 0 fully saturated rings. The van der Waals surface area contributed by atoms with Gasteiger partial charge in [0.1, 0.15) is 0 Å². The zero-order chi connectivity index (χ0) is 14.7. The third-order valence-corrected chi connectivity index (χ3v) is 4.07. The summed E-state index contributed by atoms with van der Waals surface area (Å²) in [6.45, 7) is 11.4. The molecule has 3 nitrogen and oxygen atoms in total. The van der Waals surface area contributed by atoms with E-state index in [0.717, 1.165) is 0 Å². The number of nitrogens with two attached hydrogens (primary N) is 1. The van der Waals surface area contributed by atoms with Crippen LogP contribution in [0, 0.1) is 33.6 Å². The number of benzene rings is 1. The Hall–Kier alpha value is -1.35. The maximum Gasteiger partial charge on any atom is 0.226 e. The van der Waals surface area contributed by atoms with Crippen LogP contribution in [0.2, 0.25) is 0 Å². The van der Waals surface area contributed by atoms with Crippen molar-refractivity contribution in [3.05, 3.63) is 33.9 Å². The SMILES string of the molecule is Cc1cc(C)c(C)c(CN(C)C(=O)C(C)CN)c1C. The van der Waals surface area contributed by atoms with Crippen LogP contribution in [-0.2, 0) is 11.3 Å². The molecule has 2 N–H and O–H groups in total. The van der Waals surface area contributed by atoms with E-state index in [1.54, 1.807) is 4.90 Å². The summed E-state index contributed by atoms with van der Waals surface area (Å²) in [7, 11) is 1.85. The van der Waals surface area contributed by atoms with E-state index >= 15 is 0 Å². The highest BCUT2D eigenvalue weighted by Crippen LogP contribution is 2.23. The molecule has 106 valence electrons. The second kappa shape index (κ2) is 6.20. The highest BCUT2D eigenvalue weighted by atomic mass is 16.2. The van der Waals surface area contributed by atoms with Crippen LogP contribution in [-0.4, -0.2) is 24.4 Å². The van der Waals surface area contributed by atoms with Gasteiger partial charge in [0, 0.05) is 26.1 Å². The van der Waals surface area contributed by atoms with Crippen molar-refractivity contribution in [2.45, 2.75) is 41.2 Å². The van der Waals surface area contributed by atoms with Crippen molar-refractivity contribution in [3.63, 3.8) is 0 Å². The first kappa shape index (κ1) is 15.7. The lowest BCUT2D eigenvalue weighted by atomic mass is 9.94. The Morgan fingerprint density at radius 3 is 2.11 bits per heavy atom. The van der Waals surface area contributed by atoms with Crippen LogP contribution < -0.4 is 5.73 Å². The molecule has 0 spiro atoms. The van der Waals surface area contributed by atoms with E-state index in [1.165, 1.54) is 27.8 Å². The van der Waals surface area contributed by atoms with E-state index in [9.17, 15) is 4.79 Å². The fraction of sp³-hybridized carbons (Fsp3) is 0.562. The third kappa shape index (κ3) is 3.35. The first-order valence-electron chi connectivity index (χ1n) is 6.80. The molecule has 0 saturated heterocycles. The second-order valence-electron chi connectivity index (χ2n) is 5.57. The molecule has 19 heavy (non-hydrogen) atoms. The third-order valence-electron chi connectivity index (χ3n) is 4.07. The fourth-order valence-corrected chi connectivity index (χ4v) is 2.33. The largest absolute Gasteiger partial charge is 0.341 e. The molecular formula is C16H26N2O. The van der Waals surface area contributed by atoms with Crippen LogP contribution in [0.3, 0.4) is 0 Å². The average molecular weight is 262 g/mol. The van der Waals surface area contributed by atoms with E-state index < -0.39 is 0 Å². The van der Waals surface area contributed by atoms with Gasteiger partial charge in [0.25, 0.3) is 0 Å². The van der Waals surface area contributed by atoms with Crippen molar-refractivity contribution < 1.29 is 4.79 Å². The second-order valence-corrected chi connectivity index (χ2v) is 5.57. The van der Waals surface area contributed by atoms with Gasteiger partial charge < -0.3 is 10.6 Å². The van der Waals surface area contributed by atoms with Gasteiger partial charge in [-0.25, -0.2) is 0 Å². The van der Waals surface area contributed by atoms with Crippen LogP contribution in [0.5, 0.6) is 0 Å². The van der Waals surface area contributed by atoms with Crippen molar-refractivity contribution in [2.75, 3.05) is 13.6 Å². The summed E-state index contributed by atoms with van der Waals surface area (Å²) in [5.74, 6) is -0.00280. The first-order chi connectivity index (χ1) is 8.79. The smallest absolute Gasteiger partial charge is 0.226 e. The lowest BCUT2D eigenvalue weighted by Gasteiger charge is -2.24. The van der Waals surface area contributed by atoms with Gasteiger partial charge in [-0.2, -0.15) is 0 Å². The van der Waals surface area contributed by atoms with Gasteiger partial charge in [-0.1, -0.05) is 13.0 Å². The molecule has 0 aliphatic carbocycles. The Kier molecular flexibility index (Phi) is 5.12. The molecule has 1 amide bonds. The van der Waals surface area contributed by atoms with Crippen molar-refractivity contribution in [3.8, 4) is 0 Å². The van der Waals surface area contributed by atoms with Gasteiger partial charge in [0.2, 0.25) is 5.91 Å². The molecule has 0 saturated carbocycles. The number of hydrogen-bond donors (Lipinski definition) is 1. The zero-order valence-corrected chi connectivity index (χ0v) is 13.0. The molecule has 1 atom stereocenters. The topological polar surface area (TPSA) is 46.3 Å². The van der Waals surface area contributed by atoms with E-state index in [-0.39, 0.29) is 11.8 Å². The van der Waals surface area contributed by atoms with Crippen molar-refractivity contribution in [1.82, 2.24) is 4.90 Å². The zero-order valence-electron chi connectivity index (χ0n) is 13.0. The van der Waals surface area contributed by atoms with Gasteiger partial charge in [0.05, 0.1) is 0 Å². The van der Waals surface area contributed by atoms with Gasteiger partial charge in [-0.05, 0) is 55.5 Å². The maximum absolute atomic E-state index is 12.1. The summed E-state index contributed by atoms with van der Waals surface area (Å²) in [5, 5.41) is 0. The fourth-order valence-electron chi connectivity index (χ4n) is 2.33. The Morgan fingerprint density at radius 1 is 1.21 bits per heavy atom. The maximum atomic E-state index is 12.1. The monoisotopic (exact) mass is 262 g/mol. The van der Waals surface area contributed by atoms with Crippen molar-refractivity contribution in [1.29, 1.82) is 0 Å². The number of rotatable bonds is 4. The van der Waals surface area contributed by atoms with E-state index in [2.05, 4.69) is 33.8 Å². The van der Waals surface area contributed by atoms with E-state index in [4.69, 9.17) is 5.73 Å². The number of nitrogens with zero attached hydrogens (tertiary/aromatic N) is 1. The summed E-state index contributed by atoms with van der Waals surface area (Å²) in [4.78, 5) is 13.9. The number of amides is 1. The van der Waals surface area contributed by atoms with Crippen LogP contribution in [0.15, 0.2) is 6.07 Å². The van der Waals surface area contributed by atoms with Crippen molar-refractivity contribution in [2.24, 2.45) is 11.7 Å². The van der Waals surface area contributed by atoms with Gasteiger partial charge in [0.15, 0.2) is 0 Å². The first-order valence-corrected chi connectivity index (χ1v) is 6.80. The highest BCUT2D eigenvalue weighted by molar-refractivity contribution is 5.78. The normalized spacial score (nSPS) is 12.4. The predicted molar refractivity (Wildman–Crippen MR) is 80.1 cm³/mol. The summed E-state index contributed by atoms with van der Waals surface area (Å²) in [6.07, 6.45) is 0. The summed E-state index contributed by atoms with van der Waals surface area (Å²) in [5.41, 5.74) is 12.0. The van der Waals surface area contributed by atoms with Crippen LogP contribution >= 0.6 is 0 Å². The van der Waals surface area contributed by atoms with Crippen LogP contribution in [0.25, 0.3) is 0 Å². The van der Waals surface area contributed by atoms with Gasteiger partial charge in [-0.3, -0.25) is 4.79 Å². The summed E-state index contributed by atoms with van der Waals surface area (Å²) >= 11 is 0. The Morgan fingerprint density at radius 2 is 1.68 bits per heavy atom. The average Bonchev–Trinajstić information content (AvgIpc) is 2.39. The minimum atomic E-state index is -0.114. The molecule has 0 heterocycles. The quantitative estimate of drug-likeness (QED) is 0.906. The van der Waals surface area contributed by atoms with E-state index in [0.29, 0.717) is 13.1 Å². The van der Waals surface area contributed by atoms with E-state index in [1.807, 2.05) is 14.0 Å². The minimum Gasteiger partial charge on any atom is -0.341 e.